The number of amides is 1. The molecular formula is C22H31FN2O4. The van der Waals surface area contributed by atoms with E-state index in [0.717, 1.165) is 25.9 Å². The number of hydrogen-bond acceptors (Lipinski definition) is 4. The number of carboxylic acid groups (broad SMARTS) is 1. The molecule has 0 aliphatic carbocycles. The van der Waals surface area contributed by atoms with Crippen molar-refractivity contribution < 1.29 is 24.2 Å². The maximum Gasteiger partial charge on any atom is 0.314 e. The molecule has 2 atom stereocenters. The minimum absolute atomic E-state index is 0.00922. The van der Waals surface area contributed by atoms with Gasteiger partial charge in [-0.2, -0.15) is 0 Å². The number of piperidine rings is 2. The van der Waals surface area contributed by atoms with Crippen molar-refractivity contribution in [1.82, 2.24) is 9.80 Å². The molecule has 0 saturated carbocycles. The molecule has 1 aromatic rings. The lowest BCUT2D eigenvalue weighted by Gasteiger charge is -2.45. The average Bonchev–Trinajstić information content (AvgIpc) is 2.70. The van der Waals surface area contributed by atoms with E-state index in [-0.39, 0.29) is 31.2 Å². The summed E-state index contributed by atoms with van der Waals surface area (Å²) in [7, 11) is 0. The predicted octanol–water partition coefficient (Wildman–Crippen LogP) is 2.15. The monoisotopic (exact) mass is 406 g/mol. The first-order valence-corrected chi connectivity index (χ1v) is 10.4. The lowest BCUT2D eigenvalue weighted by atomic mass is 9.72. The zero-order valence-corrected chi connectivity index (χ0v) is 17.2. The molecule has 2 fully saturated rings. The Hall–Kier alpha value is -1.99. The van der Waals surface area contributed by atoms with E-state index >= 15 is 0 Å². The molecule has 7 heteroatoms. The topological polar surface area (TPSA) is 81.1 Å². The van der Waals surface area contributed by atoms with Gasteiger partial charge in [0, 0.05) is 25.0 Å². The number of nitrogens with zero attached hydrogens (tertiary/aromatic N) is 2. The van der Waals surface area contributed by atoms with E-state index in [1.165, 1.54) is 24.3 Å². The third-order valence-corrected chi connectivity index (χ3v) is 6.56. The molecule has 0 aromatic heterocycles. The van der Waals surface area contributed by atoms with Crippen LogP contribution in [0, 0.1) is 17.2 Å². The van der Waals surface area contributed by atoms with Gasteiger partial charge >= 0.3 is 5.97 Å². The number of benzene rings is 1. The summed E-state index contributed by atoms with van der Waals surface area (Å²) in [6.07, 6.45) is 0.767. The SMILES string of the molecule is CC(C)N1CCC(C(=O)N2CC[C@H](O)[C@](Cc3ccc(F)cc3)(C(=O)O)C2)CC1. The molecule has 2 aliphatic heterocycles. The van der Waals surface area contributed by atoms with Gasteiger partial charge in [-0.3, -0.25) is 9.59 Å². The lowest BCUT2D eigenvalue weighted by Crippen LogP contribution is -2.59. The van der Waals surface area contributed by atoms with E-state index in [4.69, 9.17) is 0 Å². The number of hydrogen-bond donors (Lipinski definition) is 2. The maximum absolute atomic E-state index is 13.2. The number of likely N-dealkylation sites (tertiary alicyclic amines) is 2. The summed E-state index contributed by atoms with van der Waals surface area (Å²) >= 11 is 0. The van der Waals surface area contributed by atoms with E-state index < -0.39 is 23.3 Å². The van der Waals surface area contributed by atoms with E-state index in [1.54, 1.807) is 4.90 Å². The van der Waals surface area contributed by atoms with Gasteiger partial charge in [-0.25, -0.2) is 4.39 Å². The van der Waals surface area contributed by atoms with Crippen LogP contribution in [0.5, 0.6) is 0 Å². The maximum atomic E-state index is 13.2. The highest BCUT2D eigenvalue weighted by Crippen LogP contribution is 2.36. The van der Waals surface area contributed by atoms with Gasteiger partial charge in [-0.05, 0) is 70.3 Å². The fraction of sp³-hybridized carbons (Fsp3) is 0.636. The van der Waals surface area contributed by atoms with Gasteiger partial charge in [0.2, 0.25) is 5.91 Å². The fourth-order valence-electron chi connectivity index (χ4n) is 4.61. The Bertz CT molecular complexity index is 731. The first kappa shape index (κ1) is 21.7. The highest BCUT2D eigenvalue weighted by atomic mass is 19.1. The standard InChI is InChI=1S/C22H31FN2O4/c1-15(2)24-10-7-17(8-11-24)20(27)25-12-9-19(26)22(14-25,21(28)29)13-16-3-5-18(23)6-4-16/h3-6,15,17,19,26H,7-14H2,1-2H3,(H,28,29)/t19-,22+/m0/s1. The van der Waals surface area contributed by atoms with Gasteiger partial charge in [0.05, 0.1) is 6.10 Å². The van der Waals surface area contributed by atoms with Crippen LogP contribution in [-0.4, -0.2) is 70.2 Å². The summed E-state index contributed by atoms with van der Waals surface area (Å²) in [5.74, 6) is -1.63. The molecule has 2 aliphatic rings. The molecule has 160 valence electrons. The highest BCUT2D eigenvalue weighted by Gasteiger charge is 2.50. The van der Waals surface area contributed by atoms with Crippen molar-refractivity contribution >= 4 is 11.9 Å². The van der Waals surface area contributed by atoms with Gasteiger partial charge in [-0.1, -0.05) is 12.1 Å². The van der Waals surface area contributed by atoms with Gasteiger partial charge in [0.15, 0.2) is 0 Å². The summed E-state index contributed by atoms with van der Waals surface area (Å²) in [6.45, 7) is 6.36. The number of aliphatic hydroxyl groups is 1. The van der Waals surface area contributed by atoms with Crippen molar-refractivity contribution in [2.45, 2.75) is 51.7 Å². The molecule has 29 heavy (non-hydrogen) atoms. The second kappa shape index (κ2) is 8.79. The molecular weight excluding hydrogens is 375 g/mol. The average molecular weight is 406 g/mol. The minimum atomic E-state index is -1.48. The zero-order valence-electron chi connectivity index (χ0n) is 17.2. The van der Waals surface area contributed by atoms with Crippen molar-refractivity contribution in [3.05, 3.63) is 35.6 Å². The summed E-state index contributed by atoms with van der Waals surface area (Å²) < 4.78 is 13.2. The molecule has 2 saturated heterocycles. The fourth-order valence-corrected chi connectivity index (χ4v) is 4.61. The summed E-state index contributed by atoms with van der Waals surface area (Å²) in [5.41, 5.74) is -0.850. The molecule has 0 bridgehead atoms. The predicted molar refractivity (Wildman–Crippen MR) is 107 cm³/mol. The van der Waals surface area contributed by atoms with E-state index in [2.05, 4.69) is 18.7 Å². The van der Waals surface area contributed by atoms with E-state index in [1.807, 2.05) is 0 Å². The number of aliphatic hydroxyl groups excluding tert-OH is 1. The molecule has 3 rings (SSSR count). The van der Waals surface area contributed by atoms with Crippen LogP contribution < -0.4 is 0 Å². The first-order valence-electron chi connectivity index (χ1n) is 10.4. The molecule has 2 heterocycles. The van der Waals surface area contributed by atoms with Crippen molar-refractivity contribution in [3.63, 3.8) is 0 Å². The van der Waals surface area contributed by atoms with Crippen molar-refractivity contribution in [3.8, 4) is 0 Å². The van der Waals surface area contributed by atoms with Gasteiger partial charge in [-0.15, -0.1) is 0 Å². The van der Waals surface area contributed by atoms with Crippen molar-refractivity contribution in [2.24, 2.45) is 11.3 Å². The quantitative estimate of drug-likeness (QED) is 0.783. The first-order chi connectivity index (χ1) is 13.7. The Labute approximate surface area is 171 Å². The smallest absolute Gasteiger partial charge is 0.314 e. The number of aliphatic carboxylic acids is 1. The van der Waals surface area contributed by atoms with Crippen LogP contribution >= 0.6 is 0 Å². The molecule has 0 spiro atoms. The van der Waals surface area contributed by atoms with E-state index in [9.17, 15) is 24.2 Å². The minimum Gasteiger partial charge on any atom is -0.481 e. The largest absolute Gasteiger partial charge is 0.481 e. The Morgan fingerprint density at radius 2 is 1.76 bits per heavy atom. The van der Waals surface area contributed by atoms with Gasteiger partial charge in [0.1, 0.15) is 11.2 Å². The third kappa shape index (κ3) is 4.61. The van der Waals surface area contributed by atoms with Gasteiger partial charge < -0.3 is 20.0 Å². The summed E-state index contributed by atoms with van der Waals surface area (Å²) in [5, 5.41) is 20.6. The van der Waals surface area contributed by atoms with Crippen LogP contribution in [0.4, 0.5) is 4.39 Å². The lowest BCUT2D eigenvalue weighted by molar-refractivity contribution is -0.167. The highest BCUT2D eigenvalue weighted by molar-refractivity contribution is 5.82. The Kier molecular flexibility index (Phi) is 6.58. The molecule has 6 nitrogen and oxygen atoms in total. The van der Waals surface area contributed by atoms with Crippen LogP contribution in [0.15, 0.2) is 24.3 Å². The number of carboxylic acids is 1. The number of halogens is 1. The Morgan fingerprint density at radius 1 is 1.14 bits per heavy atom. The zero-order chi connectivity index (χ0) is 21.2. The van der Waals surface area contributed by atoms with Crippen LogP contribution in [0.25, 0.3) is 0 Å². The molecule has 1 aromatic carbocycles. The Balaban J connectivity index is 1.74. The number of rotatable bonds is 5. The molecule has 1 amide bonds. The number of carbonyl (C=O) groups excluding carboxylic acids is 1. The van der Waals surface area contributed by atoms with Gasteiger partial charge in [0.25, 0.3) is 0 Å². The van der Waals surface area contributed by atoms with Crippen LogP contribution in [0.1, 0.15) is 38.7 Å². The molecule has 0 radical (unpaired) electrons. The summed E-state index contributed by atoms with van der Waals surface area (Å²) in [6, 6.07) is 6.09. The third-order valence-electron chi connectivity index (χ3n) is 6.56. The summed E-state index contributed by atoms with van der Waals surface area (Å²) in [4.78, 5) is 29.3. The Morgan fingerprint density at radius 3 is 2.31 bits per heavy atom. The second-order valence-electron chi connectivity index (χ2n) is 8.73. The van der Waals surface area contributed by atoms with Crippen molar-refractivity contribution in [1.29, 1.82) is 0 Å². The number of carbonyl (C=O) groups is 2. The van der Waals surface area contributed by atoms with E-state index in [0.29, 0.717) is 18.2 Å². The molecule has 2 N–H and O–H groups in total. The normalized spacial score (nSPS) is 26.7. The van der Waals surface area contributed by atoms with Crippen LogP contribution in [0.2, 0.25) is 0 Å². The van der Waals surface area contributed by atoms with Crippen LogP contribution in [-0.2, 0) is 16.0 Å². The molecule has 0 unspecified atom stereocenters. The van der Waals surface area contributed by atoms with Crippen molar-refractivity contribution in [2.75, 3.05) is 26.2 Å². The van der Waals surface area contributed by atoms with Crippen LogP contribution in [0.3, 0.4) is 0 Å². The second-order valence-corrected chi connectivity index (χ2v) is 8.73.